The highest BCUT2D eigenvalue weighted by atomic mass is 32.2. The number of aliphatic hydroxyl groups is 4. The first-order chi connectivity index (χ1) is 29.9. The molecule has 0 rings (SSSR count). The first kappa shape index (κ1) is 65.5. The molecule has 0 aliphatic carbocycles. The van der Waals surface area contributed by atoms with E-state index in [0.29, 0.717) is 51.5 Å². The summed E-state index contributed by atoms with van der Waals surface area (Å²) in [6.07, 6.45) is -2.07. The Morgan fingerprint density at radius 3 is 1.72 bits per heavy atom. The summed E-state index contributed by atoms with van der Waals surface area (Å²) in [7, 11) is 3.53. The average molecular weight is 979 g/mol. The largest absolute Gasteiger partial charge is 0.480 e. The maximum absolute atomic E-state index is 12.7. The second kappa shape index (κ2) is 37.3. The number of hydrogen-bond donors (Lipinski definition) is 12. The van der Waals surface area contributed by atoms with E-state index in [2.05, 4.69) is 31.3 Å². The molecule has 12 N–H and O–H groups in total. The van der Waals surface area contributed by atoms with Gasteiger partial charge in [0.15, 0.2) is 6.10 Å². The molecule has 0 saturated heterocycles. The zero-order valence-electron chi connectivity index (χ0n) is 39.2. The van der Waals surface area contributed by atoms with E-state index >= 15 is 0 Å². The summed E-state index contributed by atoms with van der Waals surface area (Å²) < 4.78 is 14.7. The van der Waals surface area contributed by atoms with Crippen LogP contribution < -0.4 is 31.3 Å². The van der Waals surface area contributed by atoms with Crippen LogP contribution in [0.5, 0.6) is 0 Å². The Labute approximate surface area is 391 Å². The van der Waals surface area contributed by atoms with Crippen molar-refractivity contribution in [3.8, 4) is 0 Å². The average Bonchev–Trinajstić information content (AvgIpc) is 3.21. The van der Waals surface area contributed by atoms with Gasteiger partial charge < -0.3 is 66.7 Å². The van der Waals surface area contributed by atoms with Crippen LogP contribution in [0.2, 0.25) is 0 Å². The van der Waals surface area contributed by atoms with Crippen LogP contribution in [-0.2, 0) is 43.0 Å². The van der Waals surface area contributed by atoms with E-state index in [1.807, 2.05) is 34.6 Å². The zero-order valence-corrected chi connectivity index (χ0v) is 41.7. The van der Waals surface area contributed by atoms with Gasteiger partial charge in [0.25, 0.3) is 5.91 Å². The van der Waals surface area contributed by atoms with Crippen molar-refractivity contribution >= 4 is 76.8 Å². The highest BCUT2D eigenvalue weighted by Gasteiger charge is 2.29. The smallest absolute Gasteiger partial charge is 0.327 e. The molecule has 0 aromatic rings. The van der Waals surface area contributed by atoms with Gasteiger partial charge in [0.1, 0.15) is 17.9 Å². The van der Waals surface area contributed by atoms with Crippen LogP contribution in [0.25, 0.3) is 0 Å². The van der Waals surface area contributed by atoms with Gasteiger partial charge in [-0.1, -0.05) is 46.6 Å². The summed E-state index contributed by atoms with van der Waals surface area (Å²) in [4.78, 5) is 84.0. The monoisotopic (exact) mass is 978 g/mol. The third-order valence-electron chi connectivity index (χ3n) is 8.52. The molecule has 64 heavy (non-hydrogen) atoms. The minimum atomic E-state index is -1.70. The zero-order chi connectivity index (χ0) is 49.9. The summed E-state index contributed by atoms with van der Waals surface area (Å²) in [6, 6.07) is -1.98. The van der Waals surface area contributed by atoms with E-state index in [1.54, 1.807) is 13.8 Å². The minimum Gasteiger partial charge on any atom is -0.480 e. The summed E-state index contributed by atoms with van der Waals surface area (Å²) in [5.41, 5.74) is -1.53. The third-order valence-corrected chi connectivity index (χ3v) is 11.4. The van der Waals surface area contributed by atoms with Gasteiger partial charge in [0, 0.05) is 76.1 Å². The maximum Gasteiger partial charge on any atom is 0.327 e. The number of rotatable bonds is 35. The van der Waals surface area contributed by atoms with Crippen molar-refractivity contribution in [2.75, 3.05) is 96.0 Å². The lowest BCUT2D eigenvalue weighted by Gasteiger charge is -2.29. The van der Waals surface area contributed by atoms with Gasteiger partial charge in [-0.15, -0.1) is 23.5 Å². The van der Waals surface area contributed by atoms with Crippen molar-refractivity contribution in [2.24, 2.45) is 10.8 Å². The minimum absolute atomic E-state index is 0.0125. The Morgan fingerprint density at radius 2 is 1.20 bits per heavy atom. The van der Waals surface area contributed by atoms with E-state index in [9.17, 15) is 48.9 Å². The number of aliphatic hydroxyl groups excluding tert-OH is 4. The summed E-state index contributed by atoms with van der Waals surface area (Å²) in [5, 5.41) is 65.8. The summed E-state index contributed by atoms with van der Waals surface area (Å²) in [5.74, 6) is -3.59. The molecular formula is C40H78N6O15S3. The number of carboxylic acid groups (broad SMARTS) is 2. The van der Waals surface area contributed by atoms with Crippen LogP contribution in [0.4, 0.5) is 0 Å². The fourth-order valence-corrected chi connectivity index (χ4v) is 7.31. The van der Waals surface area contributed by atoms with Gasteiger partial charge in [0.2, 0.25) is 17.7 Å². The number of likely N-dealkylation sites (N-methyl/N-ethyl adjacent to an activating group) is 1. The van der Waals surface area contributed by atoms with E-state index in [1.165, 1.54) is 30.8 Å². The van der Waals surface area contributed by atoms with Gasteiger partial charge in [0.05, 0.1) is 42.8 Å². The van der Waals surface area contributed by atoms with Gasteiger partial charge in [-0.3, -0.25) is 33.5 Å². The molecular weight excluding hydrogens is 901 g/mol. The van der Waals surface area contributed by atoms with Crippen LogP contribution in [0.3, 0.4) is 0 Å². The normalized spacial score (nSPS) is 13.3. The van der Waals surface area contributed by atoms with E-state index in [4.69, 9.17) is 24.8 Å². The number of hydrogen-bond acceptors (Lipinski definition) is 18. The molecule has 0 aliphatic heterocycles. The number of aliphatic carboxylic acids is 2. The molecule has 0 saturated carbocycles. The molecule has 0 aromatic carbocycles. The van der Waals surface area contributed by atoms with Gasteiger partial charge in [-0.05, 0) is 39.2 Å². The van der Waals surface area contributed by atoms with Crippen molar-refractivity contribution in [1.29, 1.82) is 0 Å². The molecule has 0 fully saturated rings. The van der Waals surface area contributed by atoms with Gasteiger partial charge in [-0.2, -0.15) is 0 Å². The van der Waals surface area contributed by atoms with Crippen molar-refractivity contribution < 1.29 is 73.7 Å². The second-order valence-corrected chi connectivity index (χ2v) is 19.4. The number of carbonyl (C=O) groups is 7. The molecule has 4 unspecified atom stereocenters. The van der Waals surface area contributed by atoms with Gasteiger partial charge >= 0.3 is 11.9 Å². The van der Waals surface area contributed by atoms with Crippen molar-refractivity contribution in [2.45, 2.75) is 104 Å². The Kier molecular flexibility index (Phi) is 38.2. The number of carboxylic acids is 2. The molecule has 0 heterocycles. The number of ketones is 1. The number of amides is 4. The van der Waals surface area contributed by atoms with Crippen LogP contribution >= 0.6 is 35.5 Å². The molecule has 21 nitrogen and oxygen atoms in total. The lowest BCUT2D eigenvalue weighted by molar-refractivity contribution is -0.142. The predicted molar refractivity (Wildman–Crippen MR) is 250 cm³/mol. The molecule has 0 aliphatic rings. The van der Waals surface area contributed by atoms with E-state index in [-0.39, 0.29) is 66.0 Å². The Bertz CT molecular complexity index is 1360. The number of carbonyl (C=O) groups excluding carboxylic acids is 5. The van der Waals surface area contributed by atoms with Crippen LogP contribution in [0.15, 0.2) is 0 Å². The summed E-state index contributed by atoms with van der Waals surface area (Å²) in [6.45, 7) is 15.0. The highest BCUT2D eigenvalue weighted by Crippen LogP contribution is 2.24. The molecule has 0 aromatic heterocycles. The fraction of sp³-hybridized carbons (Fsp3) is 0.825. The standard InChI is InChI=1S/C38H70N6O13S3.2CH4O/c1-36(2,3)28(46)9-16-56-24-37(4,5)11-17-57-38(6,7)19-29(47)44-26(35(54)55)21-59-23-30(48)40-12-13-42-33(51)32(50)27(45)10-18-60-43-15-14-41-31(49)22-58-20-25(39-8)34(52)53;2*1-2/h25-27,32,39,43,45,50H,9-24H2,1-8H3,(H,40,48)(H,41,49)(H,42,51)(H,44,47)(H,52,53)(H,54,55);2*2H,1H3. The fourth-order valence-electron chi connectivity index (χ4n) is 4.74. The van der Waals surface area contributed by atoms with Crippen LogP contribution in [0, 0.1) is 10.8 Å². The summed E-state index contributed by atoms with van der Waals surface area (Å²) >= 11 is 3.44. The predicted octanol–water partition coefficient (Wildman–Crippen LogP) is -0.766. The SMILES string of the molecule is CNC(CSCC(=O)NCCNSCCC(O)C(O)C(=O)NCCNC(=O)CSCC(NC(=O)CC(C)(C)OCCC(C)(C)COCCC(=O)C(C)(C)C)C(=O)O)C(=O)O.CO.CO. The van der Waals surface area contributed by atoms with E-state index < -0.39 is 65.0 Å². The first-order valence-corrected chi connectivity index (χ1v) is 23.9. The number of nitrogens with one attached hydrogen (secondary N) is 6. The number of Topliss-reactive ketones (excluding diaryl/α,β-unsaturated/α-hetero) is 1. The van der Waals surface area contributed by atoms with Crippen molar-refractivity contribution in [3.05, 3.63) is 0 Å². The Morgan fingerprint density at radius 1 is 0.688 bits per heavy atom. The molecule has 4 atom stereocenters. The lowest BCUT2D eigenvalue weighted by Crippen LogP contribution is -2.46. The first-order valence-electron chi connectivity index (χ1n) is 20.6. The molecule has 0 radical (unpaired) electrons. The van der Waals surface area contributed by atoms with Crippen LogP contribution in [-0.4, -0.2) is 198 Å². The third kappa shape index (κ3) is 35.5. The number of thioether (sulfide) groups is 2. The van der Waals surface area contributed by atoms with Crippen molar-refractivity contribution in [1.82, 2.24) is 31.3 Å². The molecule has 0 bridgehead atoms. The quantitative estimate of drug-likeness (QED) is 0.0274. The molecule has 0 spiro atoms. The second-order valence-electron chi connectivity index (χ2n) is 16.4. The molecule has 4 amide bonds. The molecule has 24 heteroatoms. The highest BCUT2D eigenvalue weighted by molar-refractivity contribution is 8.00. The van der Waals surface area contributed by atoms with Crippen molar-refractivity contribution in [3.63, 3.8) is 0 Å². The number of ether oxygens (including phenoxy) is 2. The van der Waals surface area contributed by atoms with E-state index in [0.717, 1.165) is 26.0 Å². The molecule has 376 valence electrons. The maximum atomic E-state index is 12.7. The lowest BCUT2D eigenvalue weighted by atomic mass is 9.89. The Balaban J connectivity index is -0.00000902. The topological polar surface area (TPSA) is 332 Å². The van der Waals surface area contributed by atoms with Crippen LogP contribution in [0.1, 0.15) is 74.1 Å². The van der Waals surface area contributed by atoms with Gasteiger partial charge in [-0.25, -0.2) is 4.79 Å². The Hall–Kier alpha value is -2.78.